The van der Waals surface area contributed by atoms with Crippen LogP contribution in [0.15, 0.2) is 24.3 Å². The van der Waals surface area contributed by atoms with Crippen molar-refractivity contribution >= 4 is 33.6 Å². The van der Waals surface area contributed by atoms with Crippen LogP contribution in [-0.4, -0.2) is 54.0 Å². The van der Waals surface area contributed by atoms with E-state index < -0.39 is 21.2 Å². The molecule has 0 aromatic heterocycles. The predicted molar refractivity (Wildman–Crippen MR) is 110 cm³/mol. The van der Waals surface area contributed by atoms with Crippen molar-refractivity contribution in [3.8, 4) is 0 Å². The Kier molecular flexibility index (Phi) is 5.16. The van der Waals surface area contributed by atoms with Crippen molar-refractivity contribution < 1.29 is 18.0 Å². The van der Waals surface area contributed by atoms with Gasteiger partial charge in [-0.2, -0.15) is 0 Å². The minimum Gasteiger partial charge on any atom is -0.316 e. The van der Waals surface area contributed by atoms with Crippen molar-refractivity contribution in [1.82, 2.24) is 14.5 Å². The van der Waals surface area contributed by atoms with Gasteiger partial charge in [0.25, 0.3) is 0 Å². The molecule has 3 atom stereocenters. The van der Waals surface area contributed by atoms with Gasteiger partial charge in [-0.15, -0.1) is 0 Å². The molecule has 3 fully saturated rings. The van der Waals surface area contributed by atoms with E-state index in [9.17, 15) is 18.0 Å². The van der Waals surface area contributed by atoms with E-state index in [0.717, 1.165) is 23.3 Å². The number of carbonyl (C=O) groups is 2. The molecule has 3 unspecified atom stereocenters. The number of carbonyl (C=O) groups excluding carboxylic acids is 2. The van der Waals surface area contributed by atoms with Crippen molar-refractivity contribution in [2.75, 3.05) is 7.05 Å². The van der Waals surface area contributed by atoms with Gasteiger partial charge in [-0.25, -0.2) is 17.9 Å². The van der Waals surface area contributed by atoms with Gasteiger partial charge in [0, 0.05) is 30.2 Å². The van der Waals surface area contributed by atoms with Gasteiger partial charge in [0.2, 0.25) is 15.9 Å². The van der Waals surface area contributed by atoms with Crippen LogP contribution in [0.2, 0.25) is 5.02 Å². The highest BCUT2D eigenvalue weighted by atomic mass is 35.5. The predicted octanol–water partition coefficient (Wildman–Crippen LogP) is 2.74. The van der Waals surface area contributed by atoms with E-state index in [1.807, 2.05) is 25.1 Å². The second kappa shape index (κ2) is 7.25. The fourth-order valence-electron chi connectivity index (χ4n) is 4.43. The largest absolute Gasteiger partial charge is 0.327 e. The summed E-state index contributed by atoms with van der Waals surface area (Å²) in [6, 6.07) is 6.64. The number of hydrogen-bond donors (Lipinski definition) is 1. The Morgan fingerprint density at radius 2 is 1.90 bits per heavy atom. The standard InChI is InChI=1S/C20H26ClN3O4S/c1-20(9-10-20)22-29(27,28)14-7-8-17-15(11-14)18(25)23(2)19(26)24(17)12-13-5-3-4-6-16(13)21/h3-6,14-15,17,22H,7-12H2,1-2H3. The number of benzene rings is 1. The maximum Gasteiger partial charge on any atom is 0.327 e. The van der Waals surface area contributed by atoms with Gasteiger partial charge in [-0.1, -0.05) is 29.8 Å². The summed E-state index contributed by atoms with van der Waals surface area (Å²) < 4.78 is 28.5. The molecule has 158 valence electrons. The summed E-state index contributed by atoms with van der Waals surface area (Å²) in [6.45, 7) is 2.20. The minimum atomic E-state index is -3.51. The van der Waals surface area contributed by atoms with Gasteiger partial charge in [0.1, 0.15) is 0 Å². The molecule has 3 aliphatic rings. The molecule has 0 spiro atoms. The van der Waals surface area contributed by atoms with Crippen LogP contribution in [0.25, 0.3) is 0 Å². The number of rotatable bonds is 5. The molecule has 1 aliphatic heterocycles. The summed E-state index contributed by atoms with van der Waals surface area (Å²) in [7, 11) is -2.05. The van der Waals surface area contributed by atoms with Crippen LogP contribution >= 0.6 is 11.6 Å². The number of fused-ring (bicyclic) bond motifs is 1. The molecule has 1 heterocycles. The van der Waals surface area contributed by atoms with Gasteiger partial charge in [0.15, 0.2) is 0 Å². The van der Waals surface area contributed by atoms with Crippen LogP contribution in [0.5, 0.6) is 0 Å². The first-order valence-corrected chi connectivity index (χ1v) is 11.9. The van der Waals surface area contributed by atoms with Gasteiger partial charge >= 0.3 is 6.03 Å². The summed E-state index contributed by atoms with van der Waals surface area (Å²) in [5.74, 6) is -0.824. The van der Waals surface area contributed by atoms with E-state index in [4.69, 9.17) is 11.6 Å². The van der Waals surface area contributed by atoms with Gasteiger partial charge in [-0.05, 0) is 50.7 Å². The molecule has 0 bridgehead atoms. The van der Waals surface area contributed by atoms with Crippen LogP contribution in [0, 0.1) is 5.92 Å². The van der Waals surface area contributed by atoms with E-state index in [1.165, 1.54) is 7.05 Å². The van der Waals surface area contributed by atoms with E-state index >= 15 is 0 Å². The molecular weight excluding hydrogens is 414 g/mol. The average Bonchev–Trinajstić information content (AvgIpc) is 3.40. The SMILES string of the molecule is CN1C(=O)C2CC(S(=O)(=O)NC3(C)CC3)CCC2N(Cc2ccccc2Cl)C1=O. The van der Waals surface area contributed by atoms with Crippen LogP contribution in [0.1, 0.15) is 44.6 Å². The molecule has 29 heavy (non-hydrogen) atoms. The average molecular weight is 440 g/mol. The number of nitrogens with one attached hydrogen (secondary N) is 1. The number of urea groups is 1. The van der Waals surface area contributed by atoms with Crippen LogP contribution in [-0.2, 0) is 21.4 Å². The topological polar surface area (TPSA) is 86.8 Å². The highest BCUT2D eigenvalue weighted by Crippen LogP contribution is 2.40. The quantitative estimate of drug-likeness (QED) is 0.764. The zero-order valence-electron chi connectivity index (χ0n) is 16.6. The summed E-state index contributed by atoms with van der Waals surface area (Å²) in [5, 5.41) is -0.0524. The van der Waals surface area contributed by atoms with Gasteiger partial charge < -0.3 is 4.90 Å². The summed E-state index contributed by atoms with van der Waals surface area (Å²) in [4.78, 5) is 28.5. The van der Waals surface area contributed by atoms with Crippen molar-refractivity contribution in [3.63, 3.8) is 0 Å². The zero-order chi connectivity index (χ0) is 21.0. The van der Waals surface area contributed by atoms with Crippen LogP contribution in [0.3, 0.4) is 0 Å². The third kappa shape index (κ3) is 3.90. The highest BCUT2D eigenvalue weighted by molar-refractivity contribution is 7.90. The van der Waals surface area contributed by atoms with Gasteiger partial charge in [0.05, 0.1) is 11.2 Å². The Morgan fingerprint density at radius 1 is 1.21 bits per heavy atom. The zero-order valence-corrected chi connectivity index (χ0v) is 18.2. The summed E-state index contributed by atoms with van der Waals surface area (Å²) >= 11 is 6.28. The Morgan fingerprint density at radius 3 is 2.55 bits per heavy atom. The van der Waals surface area contributed by atoms with E-state index in [0.29, 0.717) is 24.4 Å². The smallest absolute Gasteiger partial charge is 0.316 e. The third-order valence-electron chi connectivity index (χ3n) is 6.47. The molecular formula is C20H26ClN3O4S. The monoisotopic (exact) mass is 439 g/mol. The number of halogens is 1. The Hall–Kier alpha value is -1.64. The van der Waals surface area contributed by atoms with Crippen molar-refractivity contribution in [2.24, 2.45) is 5.92 Å². The molecule has 1 saturated heterocycles. The fraction of sp³-hybridized carbons (Fsp3) is 0.600. The lowest BCUT2D eigenvalue weighted by molar-refractivity contribution is -0.139. The number of sulfonamides is 1. The lowest BCUT2D eigenvalue weighted by atomic mass is 9.80. The van der Waals surface area contributed by atoms with Crippen LogP contribution < -0.4 is 4.72 Å². The number of hydrogen-bond acceptors (Lipinski definition) is 4. The second-order valence-corrected chi connectivity index (χ2v) is 11.1. The molecule has 2 saturated carbocycles. The molecule has 1 aromatic carbocycles. The molecule has 4 rings (SSSR count). The fourth-order valence-corrected chi connectivity index (χ4v) is 6.59. The van der Waals surface area contributed by atoms with Crippen molar-refractivity contribution in [1.29, 1.82) is 0 Å². The molecule has 1 N–H and O–H groups in total. The lowest BCUT2D eigenvalue weighted by Crippen LogP contribution is -2.62. The number of amides is 3. The molecule has 9 heteroatoms. The Labute approximate surface area is 176 Å². The van der Waals surface area contributed by atoms with Crippen molar-refractivity contribution in [2.45, 2.75) is 62.4 Å². The normalized spacial score (nSPS) is 29.0. The molecule has 0 radical (unpaired) electrons. The lowest BCUT2D eigenvalue weighted by Gasteiger charge is -2.47. The molecule has 1 aromatic rings. The van der Waals surface area contributed by atoms with Crippen LogP contribution in [0.4, 0.5) is 4.79 Å². The third-order valence-corrected chi connectivity index (χ3v) is 8.92. The highest BCUT2D eigenvalue weighted by Gasteiger charge is 2.51. The van der Waals surface area contributed by atoms with E-state index in [1.54, 1.807) is 11.0 Å². The summed E-state index contributed by atoms with van der Waals surface area (Å²) in [6.07, 6.45) is 2.81. The first-order chi connectivity index (χ1) is 13.6. The summed E-state index contributed by atoms with van der Waals surface area (Å²) in [5.41, 5.74) is 0.469. The first-order valence-electron chi connectivity index (χ1n) is 9.96. The first kappa shape index (κ1) is 20.6. The molecule has 7 nitrogen and oxygen atoms in total. The maximum atomic E-state index is 12.9. The molecule has 2 aliphatic carbocycles. The Balaban J connectivity index is 1.56. The Bertz CT molecular complexity index is 947. The van der Waals surface area contributed by atoms with E-state index in [2.05, 4.69) is 4.72 Å². The van der Waals surface area contributed by atoms with Crippen molar-refractivity contribution in [3.05, 3.63) is 34.9 Å². The number of nitrogens with zero attached hydrogens (tertiary/aromatic N) is 2. The second-order valence-electron chi connectivity index (χ2n) is 8.72. The number of imide groups is 1. The maximum absolute atomic E-state index is 12.9. The minimum absolute atomic E-state index is 0.228. The molecule has 3 amide bonds. The van der Waals surface area contributed by atoms with Gasteiger partial charge in [-0.3, -0.25) is 9.69 Å². The van der Waals surface area contributed by atoms with E-state index in [-0.39, 0.29) is 29.9 Å².